The van der Waals surface area contributed by atoms with Gasteiger partial charge in [0.15, 0.2) is 10.3 Å². The molecule has 4 aromatic heterocycles. The fourth-order valence-electron chi connectivity index (χ4n) is 5.40. The summed E-state index contributed by atoms with van der Waals surface area (Å²) in [6.07, 6.45) is 9.79. The third kappa shape index (κ3) is 12.8. The summed E-state index contributed by atoms with van der Waals surface area (Å²) in [7, 11) is 3.23. The van der Waals surface area contributed by atoms with Crippen molar-refractivity contribution in [2.75, 3.05) is 25.3 Å². The molecule has 1 amide bonds. The molecular weight excluding hydrogens is 721 g/mol. The summed E-state index contributed by atoms with van der Waals surface area (Å²) in [4.78, 5) is 42.2. The molecule has 0 radical (unpaired) electrons. The summed E-state index contributed by atoms with van der Waals surface area (Å²) >= 11 is 2.96. The molecule has 0 aliphatic carbocycles. The second kappa shape index (κ2) is 22.4. The Hall–Kier alpha value is -5.66. The first kappa shape index (κ1) is 42.8. The number of hydrogen-bond acceptors (Lipinski definition) is 11. The summed E-state index contributed by atoms with van der Waals surface area (Å²) in [5.41, 5.74) is 9.50. The Morgan fingerprint density at radius 3 is 1.63 bits per heavy atom. The van der Waals surface area contributed by atoms with Crippen LogP contribution in [0, 0.1) is 0 Å². The quantitative estimate of drug-likeness (QED) is 0.103. The Kier molecular flexibility index (Phi) is 17.7. The number of hydrogen-bond donors (Lipinski definition) is 3. The van der Waals surface area contributed by atoms with Gasteiger partial charge in [0, 0.05) is 58.5 Å². The Bertz CT molecular complexity index is 2010. The fraction of sp³-hybridized carbons (Fsp3) is 0.268. The lowest BCUT2D eigenvalue weighted by molar-refractivity contribution is -0.138. The number of anilines is 2. The molecule has 4 N–H and O–H groups in total. The van der Waals surface area contributed by atoms with Gasteiger partial charge in [-0.15, -0.1) is 22.7 Å². The number of carboxylic acid groups (broad SMARTS) is 1. The van der Waals surface area contributed by atoms with E-state index in [2.05, 4.69) is 25.3 Å². The second-order valence-corrected chi connectivity index (χ2v) is 13.8. The minimum Gasteiger partial charge on any atom is -0.481 e. The van der Waals surface area contributed by atoms with Crippen LogP contribution in [0.3, 0.4) is 0 Å². The van der Waals surface area contributed by atoms with Gasteiger partial charge in [0.2, 0.25) is 17.7 Å². The monoisotopic (exact) mass is 768 g/mol. The molecule has 13 heteroatoms. The van der Waals surface area contributed by atoms with Crippen LogP contribution in [0.5, 0.6) is 11.8 Å². The molecule has 4 heterocycles. The van der Waals surface area contributed by atoms with Crippen molar-refractivity contribution >= 4 is 44.8 Å². The minimum atomic E-state index is -0.747. The van der Waals surface area contributed by atoms with Gasteiger partial charge in [-0.05, 0) is 36.1 Å². The number of nitrogen functional groups attached to an aromatic ring is 1. The fourth-order valence-corrected chi connectivity index (χ4v) is 6.95. The van der Waals surface area contributed by atoms with Crippen LogP contribution < -0.4 is 20.5 Å². The molecule has 0 spiro atoms. The number of nitrogens with zero attached hydrogens (tertiary/aromatic N) is 4. The van der Waals surface area contributed by atoms with E-state index in [4.69, 9.17) is 20.3 Å². The van der Waals surface area contributed by atoms with Crippen LogP contribution >= 0.6 is 22.7 Å². The summed E-state index contributed by atoms with van der Waals surface area (Å²) in [6, 6.07) is 26.9. The molecule has 2 unspecified atom stereocenters. The lowest BCUT2D eigenvalue weighted by Gasteiger charge is -2.14. The van der Waals surface area contributed by atoms with Crippen molar-refractivity contribution in [2.24, 2.45) is 0 Å². The molecule has 54 heavy (non-hydrogen) atoms. The maximum Gasteiger partial charge on any atom is 0.310 e. The van der Waals surface area contributed by atoms with Crippen LogP contribution in [-0.4, -0.2) is 51.1 Å². The van der Waals surface area contributed by atoms with Gasteiger partial charge in [-0.25, -0.2) is 19.9 Å². The van der Waals surface area contributed by atoms with Crippen molar-refractivity contribution in [3.05, 3.63) is 142 Å². The average molecular weight is 769 g/mol. The molecule has 0 bridgehead atoms. The van der Waals surface area contributed by atoms with Gasteiger partial charge in [-0.3, -0.25) is 9.59 Å². The second-order valence-electron chi connectivity index (χ2n) is 11.6. The molecular formula is C41H48N6O5S2. The standard InChI is InChI=1S/C20H21N3O2S.C10H11N3OS.C10H12O2.CH4/c1-3-17(14-8-5-4-6-9-14)18(24)23-20-22-13-16(26-20)12-15-10-7-11-21-19(15)25-2;1-14-9-7(3-2-4-12-9)5-8-6-13-10(11)15-8;1-2-9(10(11)12)8-6-4-3-5-7-8;/h4-11,13,17H,3,12H2,1-2H3,(H,22,23,24);2-4,6H,5H2,1H3,(H2,11,13);3-7,9H,2H2,1H3,(H,11,12);1H4. The zero-order chi connectivity index (χ0) is 38.0. The third-order valence-corrected chi connectivity index (χ3v) is 9.75. The highest BCUT2D eigenvalue weighted by Gasteiger charge is 2.20. The molecule has 11 nitrogen and oxygen atoms in total. The zero-order valence-electron chi connectivity index (χ0n) is 30.1. The highest BCUT2D eigenvalue weighted by atomic mass is 32.1. The lowest BCUT2D eigenvalue weighted by atomic mass is 9.96. The molecule has 2 aromatic carbocycles. The SMILES string of the molecule is C.CCC(C(=O)Nc1ncc(Cc2cccnc2OC)s1)c1ccccc1.CCC(C(=O)O)c1ccccc1.COc1ncccc1Cc1cnc(N)s1. The van der Waals surface area contributed by atoms with Crippen molar-refractivity contribution in [2.45, 2.75) is 58.8 Å². The van der Waals surface area contributed by atoms with E-state index in [9.17, 15) is 9.59 Å². The summed E-state index contributed by atoms with van der Waals surface area (Å²) in [5, 5.41) is 13.0. The van der Waals surface area contributed by atoms with Crippen LogP contribution in [0.4, 0.5) is 10.3 Å². The van der Waals surface area contributed by atoms with Crippen LogP contribution in [-0.2, 0) is 22.4 Å². The molecule has 6 rings (SSSR count). The topological polar surface area (TPSA) is 162 Å². The van der Waals surface area contributed by atoms with Crippen LogP contribution in [0.25, 0.3) is 0 Å². The van der Waals surface area contributed by atoms with Crippen molar-refractivity contribution < 1.29 is 24.2 Å². The molecule has 6 aromatic rings. The van der Waals surface area contributed by atoms with Gasteiger partial charge in [0.1, 0.15) is 0 Å². The van der Waals surface area contributed by atoms with E-state index in [1.807, 2.05) is 98.8 Å². The van der Waals surface area contributed by atoms with Crippen LogP contribution in [0.1, 0.15) is 78.0 Å². The summed E-state index contributed by atoms with van der Waals surface area (Å²) < 4.78 is 10.5. The summed E-state index contributed by atoms with van der Waals surface area (Å²) in [5.74, 6) is -0.0403. The highest BCUT2D eigenvalue weighted by Crippen LogP contribution is 2.27. The Morgan fingerprint density at radius 2 is 1.19 bits per heavy atom. The number of thiazole rings is 2. The predicted octanol–water partition coefficient (Wildman–Crippen LogP) is 8.89. The molecule has 284 valence electrons. The third-order valence-electron chi connectivity index (χ3n) is 8.01. The first-order chi connectivity index (χ1) is 25.8. The number of aliphatic carboxylic acids is 1. The smallest absolute Gasteiger partial charge is 0.310 e. The Labute approximate surface area is 325 Å². The predicted molar refractivity (Wildman–Crippen MR) is 218 cm³/mol. The number of pyridine rings is 2. The first-order valence-electron chi connectivity index (χ1n) is 17.0. The maximum absolute atomic E-state index is 12.6. The average Bonchev–Trinajstić information content (AvgIpc) is 3.81. The zero-order valence-corrected chi connectivity index (χ0v) is 31.8. The number of nitrogens with two attached hydrogens (primary N) is 1. The molecule has 2 atom stereocenters. The van der Waals surface area contributed by atoms with E-state index >= 15 is 0 Å². The van der Waals surface area contributed by atoms with E-state index in [0.717, 1.165) is 44.8 Å². The number of benzene rings is 2. The van der Waals surface area contributed by atoms with E-state index in [-0.39, 0.29) is 25.2 Å². The number of nitrogens with one attached hydrogen (secondary N) is 1. The Morgan fingerprint density at radius 1 is 0.704 bits per heavy atom. The van der Waals surface area contributed by atoms with E-state index < -0.39 is 5.97 Å². The van der Waals surface area contributed by atoms with Gasteiger partial charge < -0.3 is 25.6 Å². The Balaban J connectivity index is 0.000000237. The molecule has 0 fully saturated rings. The number of rotatable bonds is 13. The van der Waals surface area contributed by atoms with Gasteiger partial charge in [-0.2, -0.15) is 0 Å². The van der Waals surface area contributed by atoms with Crippen molar-refractivity contribution in [1.29, 1.82) is 0 Å². The molecule has 0 saturated heterocycles. The van der Waals surface area contributed by atoms with Gasteiger partial charge in [0.25, 0.3) is 0 Å². The molecule has 0 saturated carbocycles. The number of carboxylic acids is 1. The normalized spacial score (nSPS) is 11.3. The maximum atomic E-state index is 12.6. The van der Waals surface area contributed by atoms with Crippen LogP contribution in [0.2, 0.25) is 0 Å². The van der Waals surface area contributed by atoms with E-state index in [0.29, 0.717) is 34.9 Å². The van der Waals surface area contributed by atoms with Gasteiger partial charge in [-0.1, -0.05) is 94.1 Å². The summed E-state index contributed by atoms with van der Waals surface area (Å²) in [6.45, 7) is 3.89. The number of carbonyl (C=O) groups excluding carboxylic acids is 1. The molecule has 0 aliphatic heterocycles. The van der Waals surface area contributed by atoms with Gasteiger partial charge >= 0.3 is 5.97 Å². The number of methoxy groups -OCH3 is 2. The number of ether oxygens (including phenoxy) is 2. The van der Waals surface area contributed by atoms with Crippen LogP contribution in [0.15, 0.2) is 110 Å². The van der Waals surface area contributed by atoms with Crippen molar-refractivity contribution in [3.8, 4) is 11.8 Å². The van der Waals surface area contributed by atoms with E-state index in [1.165, 1.54) is 22.7 Å². The largest absolute Gasteiger partial charge is 0.481 e. The highest BCUT2D eigenvalue weighted by molar-refractivity contribution is 7.15. The van der Waals surface area contributed by atoms with Crippen molar-refractivity contribution in [3.63, 3.8) is 0 Å². The van der Waals surface area contributed by atoms with Crippen molar-refractivity contribution in [1.82, 2.24) is 19.9 Å². The van der Waals surface area contributed by atoms with E-state index in [1.54, 1.807) is 39.0 Å². The van der Waals surface area contributed by atoms with Gasteiger partial charge in [0.05, 0.1) is 26.1 Å². The lowest BCUT2D eigenvalue weighted by Crippen LogP contribution is -2.20. The minimum absolute atomic E-state index is 0. The number of aromatic nitrogens is 4. The number of amides is 1. The first-order valence-corrected chi connectivity index (χ1v) is 18.6. The molecule has 0 aliphatic rings. The number of carbonyl (C=O) groups is 2.